The van der Waals surface area contributed by atoms with Crippen molar-refractivity contribution in [3.63, 3.8) is 0 Å². The van der Waals surface area contributed by atoms with E-state index in [4.69, 9.17) is 5.73 Å². The van der Waals surface area contributed by atoms with Gasteiger partial charge in [0.2, 0.25) is 0 Å². The van der Waals surface area contributed by atoms with Gasteiger partial charge >= 0.3 is 0 Å². The van der Waals surface area contributed by atoms with Gasteiger partial charge in [-0.05, 0) is 42.5 Å². The SMILES string of the molecule is NC[C@@H]1C[C@@H]1c1ccc(F)c(F)c1. The van der Waals surface area contributed by atoms with E-state index < -0.39 is 11.6 Å². The molecule has 1 aliphatic carbocycles. The molecule has 1 fully saturated rings. The molecule has 70 valence electrons. The van der Waals surface area contributed by atoms with Crippen LogP contribution >= 0.6 is 0 Å². The van der Waals surface area contributed by atoms with Crippen molar-refractivity contribution < 1.29 is 8.78 Å². The van der Waals surface area contributed by atoms with Crippen LogP contribution in [0.15, 0.2) is 18.2 Å². The molecule has 2 atom stereocenters. The van der Waals surface area contributed by atoms with Crippen LogP contribution in [0.1, 0.15) is 17.9 Å². The molecular formula is C10H11F2N. The molecule has 0 heterocycles. The summed E-state index contributed by atoms with van der Waals surface area (Å²) in [5.74, 6) is -0.737. The molecule has 13 heavy (non-hydrogen) atoms. The van der Waals surface area contributed by atoms with E-state index >= 15 is 0 Å². The minimum Gasteiger partial charge on any atom is -0.330 e. The molecule has 0 unspecified atom stereocenters. The van der Waals surface area contributed by atoms with Gasteiger partial charge in [0.1, 0.15) is 0 Å². The van der Waals surface area contributed by atoms with E-state index in [1.54, 1.807) is 6.07 Å². The van der Waals surface area contributed by atoms with Crippen molar-refractivity contribution >= 4 is 0 Å². The summed E-state index contributed by atoms with van der Waals surface area (Å²) >= 11 is 0. The number of benzene rings is 1. The maximum Gasteiger partial charge on any atom is 0.159 e. The van der Waals surface area contributed by atoms with Crippen molar-refractivity contribution in [1.82, 2.24) is 0 Å². The predicted octanol–water partition coefficient (Wildman–Crippen LogP) is 2.03. The second-order valence-corrected chi connectivity index (χ2v) is 3.51. The predicted molar refractivity (Wildman–Crippen MR) is 46.3 cm³/mol. The van der Waals surface area contributed by atoms with Gasteiger partial charge < -0.3 is 5.73 Å². The van der Waals surface area contributed by atoms with Gasteiger partial charge in [-0.3, -0.25) is 0 Å². The standard InChI is InChI=1S/C10H11F2N/c11-9-2-1-6(4-10(9)12)8-3-7(8)5-13/h1-2,4,7-8H,3,5,13H2/t7-,8+/m0/s1. The highest BCUT2D eigenvalue weighted by Crippen LogP contribution is 2.46. The Morgan fingerprint density at radius 3 is 2.62 bits per heavy atom. The first-order valence-electron chi connectivity index (χ1n) is 4.37. The van der Waals surface area contributed by atoms with Gasteiger partial charge in [-0.25, -0.2) is 8.78 Å². The normalized spacial score (nSPS) is 26.1. The van der Waals surface area contributed by atoms with Gasteiger partial charge in [0.15, 0.2) is 11.6 Å². The average molecular weight is 183 g/mol. The maximum absolute atomic E-state index is 12.8. The monoisotopic (exact) mass is 183 g/mol. The van der Waals surface area contributed by atoms with Crippen molar-refractivity contribution in [2.45, 2.75) is 12.3 Å². The minimum absolute atomic E-state index is 0.347. The maximum atomic E-state index is 12.8. The Morgan fingerprint density at radius 2 is 2.08 bits per heavy atom. The Morgan fingerprint density at radius 1 is 1.31 bits per heavy atom. The number of hydrogen-bond donors (Lipinski definition) is 1. The fourth-order valence-electron chi connectivity index (χ4n) is 1.66. The van der Waals surface area contributed by atoms with E-state index in [9.17, 15) is 8.78 Å². The molecule has 0 saturated heterocycles. The van der Waals surface area contributed by atoms with Crippen LogP contribution < -0.4 is 5.73 Å². The Hall–Kier alpha value is -0.960. The van der Waals surface area contributed by atoms with Gasteiger partial charge in [-0.2, -0.15) is 0 Å². The van der Waals surface area contributed by atoms with Gasteiger partial charge in [0.05, 0.1) is 0 Å². The number of halogens is 2. The Kier molecular flexibility index (Phi) is 2.04. The summed E-state index contributed by atoms with van der Waals surface area (Å²) in [7, 11) is 0. The highest BCUT2D eigenvalue weighted by molar-refractivity contribution is 5.27. The van der Waals surface area contributed by atoms with Crippen molar-refractivity contribution in [3.8, 4) is 0 Å². The van der Waals surface area contributed by atoms with Crippen LogP contribution in [-0.4, -0.2) is 6.54 Å². The lowest BCUT2D eigenvalue weighted by Crippen LogP contribution is -2.02. The molecule has 1 saturated carbocycles. The molecule has 2 N–H and O–H groups in total. The summed E-state index contributed by atoms with van der Waals surface area (Å²) in [5, 5.41) is 0. The molecule has 0 amide bonds. The molecule has 0 bridgehead atoms. The molecule has 0 aromatic heterocycles. The summed E-state index contributed by atoms with van der Waals surface area (Å²) in [6, 6.07) is 4.09. The first-order valence-corrected chi connectivity index (χ1v) is 4.37. The molecule has 3 heteroatoms. The van der Waals surface area contributed by atoms with Crippen LogP contribution in [0, 0.1) is 17.6 Å². The first-order chi connectivity index (χ1) is 6.22. The van der Waals surface area contributed by atoms with E-state index in [0.29, 0.717) is 18.4 Å². The van der Waals surface area contributed by atoms with E-state index in [1.165, 1.54) is 12.1 Å². The lowest BCUT2D eigenvalue weighted by Gasteiger charge is -1.99. The van der Waals surface area contributed by atoms with Crippen molar-refractivity contribution in [1.29, 1.82) is 0 Å². The molecule has 1 aromatic rings. The van der Waals surface area contributed by atoms with Gasteiger partial charge in [0.25, 0.3) is 0 Å². The quantitative estimate of drug-likeness (QED) is 0.745. The molecule has 0 radical (unpaired) electrons. The van der Waals surface area contributed by atoms with E-state index in [0.717, 1.165) is 12.0 Å². The zero-order chi connectivity index (χ0) is 9.42. The number of hydrogen-bond acceptors (Lipinski definition) is 1. The molecule has 2 rings (SSSR count). The minimum atomic E-state index is -0.784. The summed E-state index contributed by atoms with van der Waals surface area (Å²) < 4.78 is 25.4. The third-order valence-electron chi connectivity index (χ3n) is 2.60. The Balaban J connectivity index is 2.19. The smallest absolute Gasteiger partial charge is 0.159 e. The summed E-state index contributed by atoms with van der Waals surface area (Å²) in [4.78, 5) is 0. The second kappa shape index (κ2) is 3.07. The van der Waals surface area contributed by atoms with Crippen molar-refractivity contribution in [2.24, 2.45) is 11.7 Å². The Bertz CT molecular complexity index is 325. The lowest BCUT2D eigenvalue weighted by molar-refractivity contribution is 0.507. The third kappa shape index (κ3) is 1.56. The van der Waals surface area contributed by atoms with Crippen molar-refractivity contribution in [2.75, 3.05) is 6.54 Å². The fourth-order valence-corrected chi connectivity index (χ4v) is 1.66. The zero-order valence-electron chi connectivity index (χ0n) is 7.13. The van der Waals surface area contributed by atoms with Gasteiger partial charge in [-0.1, -0.05) is 6.07 Å². The molecule has 1 nitrogen and oxygen atoms in total. The molecule has 1 aliphatic rings. The van der Waals surface area contributed by atoms with Crippen LogP contribution in [0.2, 0.25) is 0 Å². The molecule has 0 spiro atoms. The second-order valence-electron chi connectivity index (χ2n) is 3.51. The summed E-state index contributed by atoms with van der Waals surface area (Å²) in [6.07, 6.45) is 1.00. The highest BCUT2D eigenvalue weighted by atomic mass is 19.2. The fraction of sp³-hybridized carbons (Fsp3) is 0.400. The van der Waals surface area contributed by atoms with E-state index in [-0.39, 0.29) is 0 Å². The van der Waals surface area contributed by atoms with Crippen LogP contribution in [0.5, 0.6) is 0 Å². The van der Waals surface area contributed by atoms with E-state index in [2.05, 4.69) is 0 Å². The Labute approximate surface area is 75.6 Å². The molecular weight excluding hydrogens is 172 g/mol. The largest absolute Gasteiger partial charge is 0.330 e. The van der Waals surface area contributed by atoms with Crippen LogP contribution in [0.3, 0.4) is 0 Å². The zero-order valence-corrected chi connectivity index (χ0v) is 7.13. The summed E-state index contributed by atoms with van der Waals surface area (Å²) in [6.45, 7) is 0.629. The van der Waals surface area contributed by atoms with E-state index in [1.807, 2.05) is 0 Å². The van der Waals surface area contributed by atoms with Crippen LogP contribution in [-0.2, 0) is 0 Å². The average Bonchev–Trinajstić information content (AvgIpc) is 2.88. The van der Waals surface area contributed by atoms with Gasteiger partial charge in [0, 0.05) is 0 Å². The highest BCUT2D eigenvalue weighted by Gasteiger charge is 2.37. The number of nitrogens with two attached hydrogens (primary N) is 1. The van der Waals surface area contributed by atoms with Crippen LogP contribution in [0.4, 0.5) is 8.78 Å². The number of rotatable bonds is 2. The molecule has 0 aliphatic heterocycles. The van der Waals surface area contributed by atoms with Crippen LogP contribution in [0.25, 0.3) is 0 Å². The first kappa shape index (κ1) is 8.63. The topological polar surface area (TPSA) is 26.0 Å². The summed E-state index contributed by atoms with van der Waals surface area (Å²) in [5.41, 5.74) is 6.33. The molecule has 1 aromatic carbocycles. The third-order valence-corrected chi connectivity index (χ3v) is 2.60. The van der Waals surface area contributed by atoms with Gasteiger partial charge in [-0.15, -0.1) is 0 Å². The van der Waals surface area contributed by atoms with Crippen molar-refractivity contribution in [3.05, 3.63) is 35.4 Å². The lowest BCUT2D eigenvalue weighted by atomic mass is 10.1.